The third kappa shape index (κ3) is 6.80. The van der Waals surface area contributed by atoms with Crippen LogP contribution in [0.1, 0.15) is 42.2 Å². The maximum absolute atomic E-state index is 12.8. The van der Waals surface area contributed by atoms with Crippen LogP contribution in [-0.4, -0.2) is 42.1 Å². The highest BCUT2D eigenvalue weighted by molar-refractivity contribution is 7.10. The zero-order valence-corrected chi connectivity index (χ0v) is 20.5. The van der Waals surface area contributed by atoms with Crippen molar-refractivity contribution in [1.82, 2.24) is 10.3 Å². The van der Waals surface area contributed by atoms with E-state index in [0.717, 1.165) is 4.88 Å². The first-order chi connectivity index (χ1) is 16.8. The van der Waals surface area contributed by atoms with E-state index in [2.05, 4.69) is 10.3 Å². The Bertz CT molecular complexity index is 1150. The standard InChI is InChI=1S/C25H26N2O7S/c1-15(27-24(29)21-23(33-17(3)28)19(31-4)12-13-26-21)25(30)32-16(2)22(20-11-8-14-35-20)34-18-9-6-5-7-10-18/h5-16,22H,1-4H3,(H,27,29)/t15-,16-,22+/m0/s1. The molecule has 2 heterocycles. The molecular weight excluding hydrogens is 472 g/mol. The molecule has 0 spiro atoms. The molecule has 0 bridgehead atoms. The topological polar surface area (TPSA) is 113 Å². The van der Waals surface area contributed by atoms with Gasteiger partial charge in [0.2, 0.25) is 5.75 Å². The summed E-state index contributed by atoms with van der Waals surface area (Å²) in [6.07, 6.45) is 0.130. The number of methoxy groups -OCH3 is 1. The lowest BCUT2D eigenvalue weighted by Gasteiger charge is -2.25. The van der Waals surface area contributed by atoms with Gasteiger partial charge in [-0.1, -0.05) is 24.3 Å². The molecule has 2 aromatic heterocycles. The number of pyridine rings is 1. The maximum Gasteiger partial charge on any atom is 0.328 e. The van der Waals surface area contributed by atoms with Crippen LogP contribution >= 0.6 is 11.3 Å². The highest BCUT2D eigenvalue weighted by atomic mass is 32.1. The van der Waals surface area contributed by atoms with E-state index in [1.54, 1.807) is 6.92 Å². The first-order valence-corrected chi connectivity index (χ1v) is 11.7. The molecule has 3 atom stereocenters. The van der Waals surface area contributed by atoms with Gasteiger partial charge in [0.1, 0.15) is 17.9 Å². The van der Waals surface area contributed by atoms with Gasteiger partial charge < -0.3 is 24.3 Å². The Balaban J connectivity index is 1.70. The van der Waals surface area contributed by atoms with Crippen molar-refractivity contribution in [2.75, 3.05) is 7.11 Å². The summed E-state index contributed by atoms with van der Waals surface area (Å²) >= 11 is 1.48. The third-order valence-electron chi connectivity index (χ3n) is 4.81. The van der Waals surface area contributed by atoms with Gasteiger partial charge in [0.05, 0.1) is 7.11 Å². The number of carbonyl (C=O) groups is 3. The molecule has 1 amide bonds. The van der Waals surface area contributed by atoms with Gasteiger partial charge in [0.25, 0.3) is 5.91 Å². The summed E-state index contributed by atoms with van der Waals surface area (Å²) in [5.74, 6) is -1.39. The van der Waals surface area contributed by atoms with Crippen molar-refractivity contribution < 1.29 is 33.3 Å². The molecule has 0 aliphatic heterocycles. The summed E-state index contributed by atoms with van der Waals surface area (Å²) in [6, 6.07) is 13.4. The minimum atomic E-state index is -1.02. The van der Waals surface area contributed by atoms with E-state index in [-0.39, 0.29) is 17.2 Å². The fraction of sp³-hybridized carbons (Fsp3) is 0.280. The van der Waals surface area contributed by atoms with Gasteiger partial charge in [0, 0.05) is 24.1 Å². The number of nitrogens with one attached hydrogen (secondary N) is 1. The van der Waals surface area contributed by atoms with Crippen molar-refractivity contribution in [3.8, 4) is 17.2 Å². The third-order valence-corrected chi connectivity index (χ3v) is 5.74. The smallest absolute Gasteiger partial charge is 0.328 e. The zero-order valence-electron chi connectivity index (χ0n) is 19.7. The van der Waals surface area contributed by atoms with Gasteiger partial charge in [-0.25, -0.2) is 9.78 Å². The van der Waals surface area contributed by atoms with Crippen molar-refractivity contribution in [2.24, 2.45) is 0 Å². The van der Waals surface area contributed by atoms with Gasteiger partial charge in [-0.2, -0.15) is 0 Å². The van der Waals surface area contributed by atoms with Crippen LogP contribution in [0.4, 0.5) is 0 Å². The molecule has 35 heavy (non-hydrogen) atoms. The second-order valence-electron chi connectivity index (χ2n) is 7.49. The predicted molar refractivity (Wildman–Crippen MR) is 129 cm³/mol. The zero-order chi connectivity index (χ0) is 25.4. The van der Waals surface area contributed by atoms with Crippen LogP contribution in [0, 0.1) is 0 Å². The van der Waals surface area contributed by atoms with Crippen LogP contribution in [0.25, 0.3) is 0 Å². The second-order valence-corrected chi connectivity index (χ2v) is 8.47. The van der Waals surface area contributed by atoms with Gasteiger partial charge in [-0.15, -0.1) is 11.3 Å². The number of aromatic nitrogens is 1. The molecule has 3 rings (SSSR count). The number of para-hydroxylation sites is 1. The number of esters is 2. The Morgan fingerprint density at radius 3 is 2.40 bits per heavy atom. The molecule has 184 valence electrons. The Kier molecular flexibility index (Phi) is 8.80. The van der Waals surface area contributed by atoms with Gasteiger partial charge in [0.15, 0.2) is 17.5 Å². The number of benzene rings is 1. The molecule has 0 unspecified atom stereocenters. The molecule has 0 aliphatic rings. The monoisotopic (exact) mass is 498 g/mol. The van der Waals surface area contributed by atoms with Crippen molar-refractivity contribution >= 4 is 29.2 Å². The lowest BCUT2D eigenvalue weighted by Crippen LogP contribution is -2.42. The lowest BCUT2D eigenvalue weighted by atomic mass is 10.2. The average molecular weight is 499 g/mol. The summed E-state index contributed by atoms with van der Waals surface area (Å²) in [5.41, 5.74) is -0.198. The van der Waals surface area contributed by atoms with Crippen molar-refractivity contribution in [1.29, 1.82) is 0 Å². The number of ether oxygens (including phenoxy) is 4. The van der Waals surface area contributed by atoms with Crippen LogP contribution in [0.3, 0.4) is 0 Å². The van der Waals surface area contributed by atoms with Crippen LogP contribution in [-0.2, 0) is 14.3 Å². The molecular formula is C25H26N2O7S. The minimum Gasteiger partial charge on any atom is -0.493 e. The number of nitrogens with zero attached hydrogens (tertiary/aromatic N) is 1. The fourth-order valence-corrected chi connectivity index (χ4v) is 4.00. The highest BCUT2D eigenvalue weighted by Gasteiger charge is 2.29. The summed E-state index contributed by atoms with van der Waals surface area (Å²) in [4.78, 5) is 42.0. The summed E-state index contributed by atoms with van der Waals surface area (Å²) in [5, 5.41) is 4.44. The van der Waals surface area contributed by atoms with Crippen molar-refractivity contribution in [2.45, 2.75) is 39.0 Å². The van der Waals surface area contributed by atoms with Gasteiger partial charge >= 0.3 is 11.9 Å². The highest BCUT2D eigenvalue weighted by Crippen LogP contribution is 2.31. The van der Waals surface area contributed by atoms with Crippen molar-refractivity contribution in [3.63, 3.8) is 0 Å². The molecule has 0 saturated carbocycles. The Hall–Kier alpha value is -3.92. The molecule has 1 aromatic carbocycles. The summed E-state index contributed by atoms with van der Waals surface area (Å²) in [7, 11) is 1.37. The van der Waals surface area contributed by atoms with Crippen LogP contribution in [0.15, 0.2) is 60.1 Å². The van der Waals surface area contributed by atoms with Crippen LogP contribution in [0.5, 0.6) is 17.2 Å². The molecule has 0 fully saturated rings. The number of carbonyl (C=O) groups excluding carboxylic acids is 3. The quantitative estimate of drug-likeness (QED) is 0.418. The molecule has 10 heteroatoms. The van der Waals surface area contributed by atoms with Crippen molar-refractivity contribution in [3.05, 3.63) is 70.7 Å². The number of thiophene rings is 1. The first kappa shape index (κ1) is 25.7. The molecule has 0 saturated heterocycles. The second kappa shape index (κ2) is 12.0. The predicted octanol–water partition coefficient (Wildman–Crippen LogP) is 3.95. The number of rotatable bonds is 10. The SMILES string of the molecule is COc1ccnc(C(=O)N[C@@H](C)C(=O)O[C@@H](C)[C@@H](Oc2ccccc2)c2cccs2)c1OC(C)=O. The van der Waals surface area contributed by atoms with Crippen LogP contribution in [0.2, 0.25) is 0 Å². The molecule has 3 aromatic rings. The largest absolute Gasteiger partial charge is 0.493 e. The van der Waals surface area contributed by atoms with Crippen LogP contribution < -0.4 is 19.5 Å². The van der Waals surface area contributed by atoms with E-state index >= 15 is 0 Å². The number of hydrogen-bond donors (Lipinski definition) is 1. The average Bonchev–Trinajstić information content (AvgIpc) is 3.37. The molecule has 0 aliphatic carbocycles. The Labute approximate surface area is 207 Å². The normalized spacial score (nSPS) is 13.1. The molecule has 1 N–H and O–H groups in total. The van der Waals surface area contributed by atoms with E-state index in [1.807, 2.05) is 47.8 Å². The number of amides is 1. The number of hydrogen-bond acceptors (Lipinski definition) is 9. The van der Waals surface area contributed by atoms with E-state index in [4.69, 9.17) is 18.9 Å². The summed E-state index contributed by atoms with van der Waals surface area (Å²) in [6.45, 7) is 4.40. The Morgan fingerprint density at radius 2 is 1.77 bits per heavy atom. The molecule has 0 radical (unpaired) electrons. The van der Waals surface area contributed by atoms with E-state index in [1.165, 1.54) is 44.6 Å². The Morgan fingerprint density at radius 1 is 1.03 bits per heavy atom. The van der Waals surface area contributed by atoms with Gasteiger partial charge in [-0.3, -0.25) is 9.59 Å². The maximum atomic E-state index is 12.8. The summed E-state index contributed by atoms with van der Waals surface area (Å²) < 4.78 is 22.0. The molecule has 9 nitrogen and oxygen atoms in total. The van der Waals surface area contributed by atoms with E-state index in [9.17, 15) is 14.4 Å². The van der Waals surface area contributed by atoms with Gasteiger partial charge in [-0.05, 0) is 37.4 Å². The van der Waals surface area contributed by atoms with E-state index in [0.29, 0.717) is 5.75 Å². The van der Waals surface area contributed by atoms with E-state index < -0.39 is 36.1 Å². The fourth-order valence-electron chi connectivity index (χ4n) is 3.15. The first-order valence-electron chi connectivity index (χ1n) is 10.8. The lowest BCUT2D eigenvalue weighted by molar-refractivity contribution is -0.154. The minimum absolute atomic E-state index is 0.136.